The summed E-state index contributed by atoms with van der Waals surface area (Å²) in [6.45, 7) is 0.893. The van der Waals surface area contributed by atoms with Gasteiger partial charge in [-0.2, -0.15) is 0 Å². The van der Waals surface area contributed by atoms with Crippen LogP contribution in [-0.4, -0.2) is 16.8 Å². The summed E-state index contributed by atoms with van der Waals surface area (Å²) in [5, 5.41) is 22.6. The molecule has 0 aromatic heterocycles. The second-order valence-corrected chi connectivity index (χ2v) is 5.31. The molecule has 3 rings (SSSR count). The highest BCUT2D eigenvalue weighted by Crippen LogP contribution is 2.36. The molecule has 3 N–H and O–H groups in total. The van der Waals surface area contributed by atoms with Crippen LogP contribution in [0.25, 0.3) is 0 Å². The number of hydrogen-bond acceptors (Lipinski definition) is 3. The normalized spacial score (nSPS) is 17.1. The second kappa shape index (κ2) is 5.55. The van der Waals surface area contributed by atoms with E-state index in [0.29, 0.717) is 17.5 Å². The van der Waals surface area contributed by atoms with Gasteiger partial charge < -0.3 is 15.5 Å². The Morgan fingerprint density at radius 2 is 1.85 bits per heavy atom. The molecule has 1 unspecified atom stereocenters. The van der Waals surface area contributed by atoms with Gasteiger partial charge in [-0.05, 0) is 60.7 Å². The molecule has 0 radical (unpaired) electrons. The van der Waals surface area contributed by atoms with E-state index in [1.54, 1.807) is 18.2 Å². The first-order valence-corrected chi connectivity index (χ1v) is 7.06. The van der Waals surface area contributed by atoms with Crippen molar-refractivity contribution in [2.45, 2.75) is 25.3 Å². The minimum Gasteiger partial charge on any atom is -0.508 e. The molecule has 20 heavy (non-hydrogen) atoms. The van der Waals surface area contributed by atoms with Crippen LogP contribution in [0.5, 0.6) is 11.5 Å². The number of fused-ring (bicyclic) bond motifs is 1. The Balaban J connectivity index is 1.58. The van der Waals surface area contributed by atoms with Gasteiger partial charge in [-0.15, -0.1) is 0 Å². The molecule has 0 saturated carbocycles. The van der Waals surface area contributed by atoms with E-state index >= 15 is 0 Å². The Kier molecular flexibility index (Phi) is 3.61. The molecule has 3 nitrogen and oxygen atoms in total. The summed E-state index contributed by atoms with van der Waals surface area (Å²) in [6, 6.07) is 13.5. The van der Waals surface area contributed by atoms with Crippen molar-refractivity contribution in [1.29, 1.82) is 0 Å². The summed E-state index contributed by atoms with van der Waals surface area (Å²) >= 11 is 0. The van der Waals surface area contributed by atoms with Gasteiger partial charge in [-0.25, -0.2) is 0 Å². The molecule has 0 spiro atoms. The van der Waals surface area contributed by atoms with E-state index in [1.807, 2.05) is 18.2 Å². The zero-order chi connectivity index (χ0) is 13.9. The van der Waals surface area contributed by atoms with Crippen molar-refractivity contribution in [3.63, 3.8) is 0 Å². The Hall–Kier alpha value is -2.00. The highest BCUT2D eigenvalue weighted by Gasteiger charge is 2.23. The average Bonchev–Trinajstić information content (AvgIpc) is 2.86. The lowest BCUT2D eigenvalue weighted by atomic mass is 10.1. The molecule has 0 heterocycles. The molecule has 0 fully saturated rings. The smallest absolute Gasteiger partial charge is 0.119 e. The fourth-order valence-electron chi connectivity index (χ4n) is 2.90. The molecular formula is C17H19NO2. The van der Waals surface area contributed by atoms with Crippen LogP contribution >= 0.6 is 0 Å². The van der Waals surface area contributed by atoms with E-state index in [4.69, 9.17) is 0 Å². The van der Waals surface area contributed by atoms with Crippen LogP contribution in [0.2, 0.25) is 0 Å². The van der Waals surface area contributed by atoms with Gasteiger partial charge >= 0.3 is 0 Å². The van der Waals surface area contributed by atoms with E-state index in [2.05, 4.69) is 11.4 Å². The summed E-state index contributed by atoms with van der Waals surface area (Å²) in [6.07, 6.45) is 2.92. The number of nitrogens with one attached hydrogen (secondary N) is 1. The standard InChI is InChI=1S/C17H19NO2/c19-13-6-4-12(5-7-13)10-11-18-16-9-8-15-14(16)2-1-3-17(15)20/h1-7,16,18-20H,8-11H2. The Morgan fingerprint density at radius 3 is 2.65 bits per heavy atom. The SMILES string of the molecule is Oc1ccc(CCNC2CCc3c(O)cccc32)cc1. The van der Waals surface area contributed by atoms with Crippen LogP contribution in [0, 0.1) is 0 Å². The van der Waals surface area contributed by atoms with Crippen LogP contribution < -0.4 is 5.32 Å². The Bertz CT molecular complexity index is 592. The molecule has 2 aromatic rings. The number of benzene rings is 2. The zero-order valence-corrected chi connectivity index (χ0v) is 11.3. The highest BCUT2D eigenvalue weighted by atomic mass is 16.3. The quantitative estimate of drug-likeness (QED) is 0.800. The minimum atomic E-state index is 0.307. The largest absolute Gasteiger partial charge is 0.508 e. The topological polar surface area (TPSA) is 52.5 Å². The number of rotatable bonds is 4. The third kappa shape index (κ3) is 2.63. The minimum absolute atomic E-state index is 0.307. The summed E-state index contributed by atoms with van der Waals surface area (Å²) < 4.78 is 0. The molecular weight excluding hydrogens is 250 g/mol. The lowest BCUT2D eigenvalue weighted by Crippen LogP contribution is -2.21. The van der Waals surface area contributed by atoms with Gasteiger partial charge in [0.25, 0.3) is 0 Å². The molecule has 104 valence electrons. The molecule has 0 aliphatic heterocycles. The lowest BCUT2D eigenvalue weighted by molar-refractivity contribution is 0.469. The van der Waals surface area contributed by atoms with E-state index in [0.717, 1.165) is 31.4 Å². The van der Waals surface area contributed by atoms with Crippen molar-refractivity contribution in [3.05, 3.63) is 59.2 Å². The van der Waals surface area contributed by atoms with Crippen LogP contribution in [0.3, 0.4) is 0 Å². The lowest BCUT2D eigenvalue weighted by Gasteiger charge is -2.14. The van der Waals surface area contributed by atoms with Gasteiger partial charge in [-0.1, -0.05) is 24.3 Å². The van der Waals surface area contributed by atoms with Crippen molar-refractivity contribution in [2.24, 2.45) is 0 Å². The monoisotopic (exact) mass is 269 g/mol. The third-order valence-corrected chi connectivity index (χ3v) is 3.99. The second-order valence-electron chi connectivity index (χ2n) is 5.31. The van der Waals surface area contributed by atoms with E-state index in [9.17, 15) is 10.2 Å². The predicted molar refractivity (Wildman–Crippen MR) is 79.0 cm³/mol. The molecule has 3 heteroatoms. The summed E-state index contributed by atoms with van der Waals surface area (Å²) in [5.41, 5.74) is 3.54. The number of phenols is 2. The molecule has 1 aliphatic carbocycles. The maximum Gasteiger partial charge on any atom is 0.119 e. The van der Waals surface area contributed by atoms with Gasteiger partial charge in [0.2, 0.25) is 0 Å². The predicted octanol–water partition coefficient (Wildman–Crippen LogP) is 2.92. The first kappa shape index (κ1) is 13.0. The molecule has 0 saturated heterocycles. The third-order valence-electron chi connectivity index (χ3n) is 3.99. The zero-order valence-electron chi connectivity index (χ0n) is 11.3. The first-order chi connectivity index (χ1) is 9.74. The number of aromatic hydroxyl groups is 2. The van der Waals surface area contributed by atoms with Gasteiger partial charge in [0.05, 0.1) is 0 Å². The van der Waals surface area contributed by atoms with Crippen LogP contribution in [0.1, 0.15) is 29.2 Å². The summed E-state index contributed by atoms with van der Waals surface area (Å²) in [4.78, 5) is 0. The maximum atomic E-state index is 9.83. The van der Waals surface area contributed by atoms with Crippen molar-refractivity contribution < 1.29 is 10.2 Å². The molecule has 0 bridgehead atoms. The van der Waals surface area contributed by atoms with Gasteiger partial charge in [0.15, 0.2) is 0 Å². The van der Waals surface area contributed by atoms with E-state index in [1.165, 1.54) is 11.1 Å². The molecule has 1 aliphatic rings. The average molecular weight is 269 g/mol. The summed E-state index contributed by atoms with van der Waals surface area (Å²) in [5.74, 6) is 0.729. The van der Waals surface area contributed by atoms with Crippen molar-refractivity contribution in [2.75, 3.05) is 6.54 Å². The maximum absolute atomic E-state index is 9.83. The highest BCUT2D eigenvalue weighted by molar-refractivity contribution is 5.44. The van der Waals surface area contributed by atoms with Crippen LogP contribution in [-0.2, 0) is 12.8 Å². The van der Waals surface area contributed by atoms with Crippen LogP contribution in [0.4, 0.5) is 0 Å². The molecule has 0 amide bonds. The molecule has 1 atom stereocenters. The fourth-order valence-corrected chi connectivity index (χ4v) is 2.90. The van der Waals surface area contributed by atoms with Crippen LogP contribution in [0.15, 0.2) is 42.5 Å². The van der Waals surface area contributed by atoms with Gasteiger partial charge in [0.1, 0.15) is 11.5 Å². The number of hydrogen-bond donors (Lipinski definition) is 3. The fraction of sp³-hybridized carbons (Fsp3) is 0.294. The summed E-state index contributed by atoms with van der Waals surface area (Å²) in [7, 11) is 0. The molecule has 2 aromatic carbocycles. The Labute approximate surface area is 118 Å². The van der Waals surface area contributed by atoms with Crippen molar-refractivity contribution in [3.8, 4) is 11.5 Å². The van der Waals surface area contributed by atoms with Crippen molar-refractivity contribution >= 4 is 0 Å². The van der Waals surface area contributed by atoms with Gasteiger partial charge in [-0.3, -0.25) is 0 Å². The van der Waals surface area contributed by atoms with E-state index in [-0.39, 0.29) is 0 Å². The van der Waals surface area contributed by atoms with E-state index < -0.39 is 0 Å². The van der Waals surface area contributed by atoms with Crippen molar-refractivity contribution in [1.82, 2.24) is 5.32 Å². The first-order valence-electron chi connectivity index (χ1n) is 7.06. The van der Waals surface area contributed by atoms with Gasteiger partial charge in [0, 0.05) is 6.04 Å². The Morgan fingerprint density at radius 1 is 1.05 bits per heavy atom. The number of phenolic OH excluding ortho intramolecular Hbond substituents is 2.